The van der Waals surface area contributed by atoms with Crippen molar-refractivity contribution in [1.82, 2.24) is 4.98 Å². The molecule has 0 aliphatic heterocycles. The normalized spacial score (nSPS) is 13.1. The van der Waals surface area contributed by atoms with Crippen molar-refractivity contribution in [2.45, 2.75) is 13.0 Å². The molecule has 2 heterocycles. The van der Waals surface area contributed by atoms with E-state index in [1.807, 2.05) is 23.8 Å². The summed E-state index contributed by atoms with van der Waals surface area (Å²) in [4.78, 5) is 4.27. The molecule has 0 fully saturated rings. The van der Waals surface area contributed by atoms with E-state index in [0.29, 0.717) is 0 Å². The van der Waals surface area contributed by atoms with Gasteiger partial charge in [-0.05, 0) is 46.5 Å². The molecule has 1 unspecified atom stereocenters. The maximum absolute atomic E-state index is 9.97. The van der Waals surface area contributed by atoms with Crippen LogP contribution in [0.25, 0.3) is 0 Å². The van der Waals surface area contributed by atoms with E-state index in [0.717, 1.165) is 16.3 Å². The lowest BCUT2D eigenvalue weighted by molar-refractivity contribution is 0.216. The first-order valence-corrected chi connectivity index (χ1v) is 6.84. The zero-order chi connectivity index (χ0) is 10.1. The lowest BCUT2D eigenvalue weighted by Gasteiger charge is -2.03. The molecule has 5 heteroatoms. The van der Waals surface area contributed by atoms with E-state index in [4.69, 9.17) is 0 Å². The summed E-state index contributed by atoms with van der Waals surface area (Å²) in [5.41, 5.74) is 1.69. The smallest absolute Gasteiger partial charge is 0.123 e. The molecule has 0 radical (unpaired) electrons. The van der Waals surface area contributed by atoms with Gasteiger partial charge in [0.25, 0.3) is 0 Å². The van der Waals surface area contributed by atoms with Crippen LogP contribution < -0.4 is 0 Å². The Kier molecular flexibility index (Phi) is 3.20. The van der Waals surface area contributed by atoms with E-state index in [1.165, 1.54) is 2.88 Å². The van der Waals surface area contributed by atoms with Crippen LogP contribution in [0.3, 0.4) is 0 Å². The lowest BCUT2D eigenvalue weighted by atomic mass is 10.1. The highest BCUT2D eigenvalue weighted by atomic mass is 127. The Balaban J connectivity index is 2.28. The molecule has 0 bridgehead atoms. The van der Waals surface area contributed by atoms with Crippen LogP contribution in [0.2, 0.25) is 0 Å². The Hall–Kier alpha value is 0.0200. The van der Waals surface area contributed by atoms with Crippen LogP contribution in [0.15, 0.2) is 16.8 Å². The summed E-state index contributed by atoms with van der Waals surface area (Å²) in [5.74, 6) is 0. The molecule has 0 aliphatic rings. The standard InChI is InChI=1S/C9H8INOS2/c1-5-11-7(4-13-5)9(12)6-2-8(10)14-3-6/h2-4,9,12H,1H3. The van der Waals surface area contributed by atoms with Crippen LogP contribution in [0, 0.1) is 9.81 Å². The Morgan fingerprint density at radius 2 is 2.21 bits per heavy atom. The summed E-state index contributed by atoms with van der Waals surface area (Å²) in [6.07, 6.45) is -0.570. The van der Waals surface area contributed by atoms with Crippen LogP contribution in [-0.2, 0) is 0 Å². The molecule has 1 N–H and O–H groups in total. The number of rotatable bonds is 2. The van der Waals surface area contributed by atoms with Crippen molar-refractivity contribution < 1.29 is 5.11 Å². The summed E-state index contributed by atoms with van der Waals surface area (Å²) < 4.78 is 1.18. The minimum Gasteiger partial charge on any atom is -0.382 e. The van der Waals surface area contributed by atoms with Crippen molar-refractivity contribution in [2.24, 2.45) is 0 Å². The number of aliphatic hydroxyl groups excluding tert-OH is 1. The van der Waals surface area contributed by atoms with Gasteiger partial charge in [-0.15, -0.1) is 22.7 Å². The first-order chi connectivity index (χ1) is 6.66. The number of thiophene rings is 1. The van der Waals surface area contributed by atoms with Gasteiger partial charge in [-0.2, -0.15) is 0 Å². The van der Waals surface area contributed by atoms with Crippen molar-refractivity contribution in [1.29, 1.82) is 0 Å². The maximum atomic E-state index is 9.97. The number of aromatic nitrogens is 1. The average molecular weight is 337 g/mol. The second kappa shape index (κ2) is 4.26. The third-order valence-corrected chi connectivity index (χ3v) is 4.42. The quantitative estimate of drug-likeness (QED) is 0.854. The molecular formula is C9H8INOS2. The molecule has 14 heavy (non-hydrogen) atoms. The number of hydrogen-bond donors (Lipinski definition) is 1. The van der Waals surface area contributed by atoms with Crippen molar-refractivity contribution in [3.05, 3.63) is 36.0 Å². The fourth-order valence-corrected chi connectivity index (χ4v) is 3.17. The lowest BCUT2D eigenvalue weighted by Crippen LogP contribution is -1.98. The molecule has 0 aromatic carbocycles. The maximum Gasteiger partial charge on any atom is 0.123 e. The van der Waals surface area contributed by atoms with Gasteiger partial charge >= 0.3 is 0 Å². The predicted molar refractivity (Wildman–Crippen MR) is 67.9 cm³/mol. The van der Waals surface area contributed by atoms with Crippen molar-refractivity contribution in [2.75, 3.05) is 0 Å². The number of aliphatic hydroxyl groups is 1. The molecule has 0 amide bonds. The van der Waals surface area contributed by atoms with Gasteiger partial charge in [-0.3, -0.25) is 0 Å². The van der Waals surface area contributed by atoms with Crippen LogP contribution in [0.4, 0.5) is 0 Å². The molecule has 1 atom stereocenters. The van der Waals surface area contributed by atoms with E-state index in [-0.39, 0.29) is 0 Å². The van der Waals surface area contributed by atoms with Crippen LogP contribution >= 0.6 is 45.3 Å². The Bertz CT molecular complexity index is 397. The van der Waals surface area contributed by atoms with Gasteiger partial charge in [0.2, 0.25) is 0 Å². The van der Waals surface area contributed by atoms with Crippen LogP contribution in [-0.4, -0.2) is 10.1 Å². The summed E-state index contributed by atoms with van der Waals surface area (Å²) in [6, 6.07) is 1.99. The molecular weight excluding hydrogens is 329 g/mol. The van der Waals surface area contributed by atoms with Crippen LogP contribution in [0.1, 0.15) is 22.4 Å². The zero-order valence-corrected chi connectivity index (χ0v) is 11.2. The minimum absolute atomic E-state index is 0.570. The van der Waals surface area contributed by atoms with Gasteiger partial charge in [-0.1, -0.05) is 0 Å². The molecule has 0 spiro atoms. The van der Waals surface area contributed by atoms with E-state index in [2.05, 4.69) is 27.6 Å². The first-order valence-electron chi connectivity index (χ1n) is 4.01. The molecule has 2 aromatic rings. The zero-order valence-electron chi connectivity index (χ0n) is 7.40. The second-order valence-corrected chi connectivity index (χ2v) is 6.75. The fraction of sp³-hybridized carbons (Fsp3) is 0.222. The monoisotopic (exact) mass is 337 g/mol. The number of halogens is 1. The largest absolute Gasteiger partial charge is 0.382 e. The summed E-state index contributed by atoms with van der Waals surface area (Å²) in [5, 5.41) is 14.8. The number of aryl methyl sites for hydroxylation is 1. The van der Waals surface area contributed by atoms with Gasteiger partial charge in [0.15, 0.2) is 0 Å². The molecule has 2 aromatic heterocycles. The molecule has 0 saturated heterocycles. The van der Waals surface area contributed by atoms with Crippen molar-refractivity contribution in [3.63, 3.8) is 0 Å². The third-order valence-electron chi connectivity index (χ3n) is 1.82. The van der Waals surface area contributed by atoms with Gasteiger partial charge in [0.05, 0.1) is 13.6 Å². The van der Waals surface area contributed by atoms with E-state index in [9.17, 15) is 5.11 Å². The van der Waals surface area contributed by atoms with E-state index in [1.54, 1.807) is 22.7 Å². The number of nitrogens with zero attached hydrogens (tertiary/aromatic N) is 1. The van der Waals surface area contributed by atoms with Crippen LogP contribution in [0.5, 0.6) is 0 Å². The minimum atomic E-state index is -0.570. The Morgan fingerprint density at radius 3 is 2.71 bits per heavy atom. The highest BCUT2D eigenvalue weighted by Gasteiger charge is 2.14. The molecule has 74 valence electrons. The SMILES string of the molecule is Cc1nc(C(O)c2csc(I)c2)cs1. The number of thiazole rings is 1. The van der Waals surface area contributed by atoms with Gasteiger partial charge < -0.3 is 5.11 Å². The van der Waals surface area contributed by atoms with E-state index < -0.39 is 6.10 Å². The fourth-order valence-electron chi connectivity index (χ4n) is 1.14. The highest BCUT2D eigenvalue weighted by Crippen LogP contribution is 2.27. The van der Waals surface area contributed by atoms with Crippen molar-refractivity contribution in [3.8, 4) is 0 Å². The van der Waals surface area contributed by atoms with Gasteiger partial charge in [0, 0.05) is 5.38 Å². The Morgan fingerprint density at radius 1 is 1.43 bits per heavy atom. The average Bonchev–Trinajstić information content (AvgIpc) is 2.73. The summed E-state index contributed by atoms with van der Waals surface area (Å²) >= 11 is 5.45. The predicted octanol–water partition coefficient (Wildman–Crippen LogP) is 3.20. The molecule has 0 aliphatic carbocycles. The topological polar surface area (TPSA) is 33.1 Å². The second-order valence-electron chi connectivity index (χ2n) is 2.88. The first kappa shape index (κ1) is 10.5. The van der Waals surface area contributed by atoms with Crippen molar-refractivity contribution >= 4 is 45.3 Å². The number of hydrogen-bond acceptors (Lipinski definition) is 4. The molecule has 2 nitrogen and oxygen atoms in total. The molecule has 2 rings (SSSR count). The van der Waals surface area contributed by atoms with Gasteiger partial charge in [0.1, 0.15) is 6.10 Å². The Labute approximate surface area is 104 Å². The van der Waals surface area contributed by atoms with E-state index >= 15 is 0 Å². The van der Waals surface area contributed by atoms with Gasteiger partial charge in [-0.25, -0.2) is 4.98 Å². The summed E-state index contributed by atoms with van der Waals surface area (Å²) in [6.45, 7) is 1.94. The molecule has 0 saturated carbocycles. The summed E-state index contributed by atoms with van der Waals surface area (Å²) in [7, 11) is 0. The third kappa shape index (κ3) is 2.16. The highest BCUT2D eigenvalue weighted by molar-refractivity contribution is 14.1.